The Hall–Kier alpha value is -1.22. The van der Waals surface area contributed by atoms with Crippen LogP contribution in [0.2, 0.25) is 0 Å². The van der Waals surface area contributed by atoms with E-state index in [1.807, 2.05) is 6.07 Å². The van der Waals surface area contributed by atoms with Crippen LogP contribution < -0.4 is 4.74 Å². The van der Waals surface area contributed by atoms with Gasteiger partial charge in [0.15, 0.2) is 0 Å². The topological polar surface area (TPSA) is 22.4 Å². The largest absolute Gasteiger partial charge is 0.490 e. The van der Waals surface area contributed by atoms with Crippen molar-refractivity contribution in [2.24, 2.45) is 0 Å². The van der Waals surface area contributed by atoms with Gasteiger partial charge in [-0.1, -0.05) is 28.1 Å². The molecular formula is C15H15BrO2. The lowest BCUT2D eigenvalue weighted by molar-refractivity contribution is 0.254. The highest BCUT2D eigenvalue weighted by atomic mass is 79.9. The average molecular weight is 307 g/mol. The number of halogens is 1. The number of ether oxygens (including phenoxy) is 1. The minimum atomic E-state index is 0.105. The van der Waals surface area contributed by atoms with Gasteiger partial charge < -0.3 is 9.15 Å². The van der Waals surface area contributed by atoms with Gasteiger partial charge in [0.1, 0.15) is 17.6 Å². The number of hydrogen-bond donors (Lipinski definition) is 0. The quantitative estimate of drug-likeness (QED) is 0.768. The number of benzene rings is 1. The van der Waals surface area contributed by atoms with E-state index in [0.29, 0.717) is 0 Å². The molecule has 0 spiro atoms. The van der Waals surface area contributed by atoms with Crippen LogP contribution in [0.25, 0.3) is 0 Å². The zero-order valence-corrected chi connectivity index (χ0v) is 12.0. The molecule has 2 heterocycles. The molecule has 0 saturated carbocycles. The lowest BCUT2D eigenvalue weighted by atomic mass is 10.0. The fourth-order valence-electron chi connectivity index (χ4n) is 2.40. The number of rotatable bonds is 2. The van der Waals surface area contributed by atoms with E-state index in [1.165, 1.54) is 16.7 Å². The summed E-state index contributed by atoms with van der Waals surface area (Å²) in [4.78, 5) is 0.105. The Labute approximate surface area is 115 Å². The predicted octanol–water partition coefficient (Wildman–Crippen LogP) is 4.40. The van der Waals surface area contributed by atoms with Crippen molar-refractivity contribution in [2.45, 2.75) is 31.2 Å². The molecule has 2 unspecified atom stereocenters. The highest BCUT2D eigenvalue weighted by Gasteiger charge is 2.22. The minimum absolute atomic E-state index is 0.105. The molecule has 0 bridgehead atoms. The molecule has 0 amide bonds. The van der Waals surface area contributed by atoms with Crippen LogP contribution in [0.3, 0.4) is 0 Å². The monoisotopic (exact) mass is 306 g/mol. The van der Waals surface area contributed by atoms with Crippen molar-refractivity contribution in [1.82, 2.24) is 0 Å². The van der Waals surface area contributed by atoms with Crippen LogP contribution in [0, 0.1) is 6.92 Å². The van der Waals surface area contributed by atoms with E-state index < -0.39 is 0 Å². The second kappa shape index (κ2) is 4.47. The maximum absolute atomic E-state index is 5.72. The summed E-state index contributed by atoms with van der Waals surface area (Å²) >= 11 is 3.71. The Morgan fingerprint density at radius 1 is 1.33 bits per heavy atom. The Balaban J connectivity index is 1.94. The zero-order chi connectivity index (χ0) is 12.7. The van der Waals surface area contributed by atoms with E-state index in [1.54, 1.807) is 6.26 Å². The van der Waals surface area contributed by atoms with Gasteiger partial charge in [-0.3, -0.25) is 0 Å². The summed E-state index contributed by atoms with van der Waals surface area (Å²) in [6, 6.07) is 8.35. The number of alkyl halides is 1. The van der Waals surface area contributed by atoms with E-state index in [-0.39, 0.29) is 10.9 Å². The Morgan fingerprint density at radius 2 is 2.17 bits per heavy atom. The fraction of sp³-hybridized carbons (Fsp3) is 0.333. The van der Waals surface area contributed by atoms with Gasteiger partial charge in [0.2, 0.25) is 0 Å². The van der Waals surface area contributed by atoms with Gasteiger partial charge in [0.25, 0.3) is 0 Å². The molecular weight excluding hydrogens is 292 g/mol. The van der Waals surface area contributed by atoms with Gasteiger partial charge >= 0.3 is 0 Å². The highest BCUT2D eigenvalue weighted by molar-refractivity contribution is 9.09. The second-order valence-corrected chi connectivity index (χ2v) is 5.75. The number of furan rings is 1. The molecule has 3 rings (SSSR count). The third-order valence-corrected chi connectivity index (χ3v) is 4.29. The van der Waals surface area contributed by atoms with Crippen molar-refractivity contribution in [3.8, 4) is 5.75 Å². The van der Waals surface area contributed by atoms with Crippen molar-refractivity contribution in [3.05, 3.63) is 53.0 Å². The standard InChI is InChI=1S/C15H15BrO2/c1-9-5-6-17-15(9)14(16)11-3-4-13-12(8-11)7-10(2)18-13/h3-6,8,10,14H,7H2,1-2H3. The fourth-order valence-corrected chi connectivity index (χ4v) is 3.15. The van der Waals surface area contributed by atoms with Gasteiger partial charge in [0, 0.05) is 6.42 Å². The van der Waals surface area contributed by atoms with Gasteiger partial charge in [0.05, 0.1) is 11.1 Å². The molecule has 0 fully saturated rings. The first-order valence-corrected chi connectivity index (χ1v) is 7.04. The molecule has 1 aliphatic rings. The van der Waals surface area contributed by atoms with Crippen LogP contribution in [-0.2, 0) is 6.42 Å². The third-order valence-electron chi connectivity index (χ3n) is 3.34. The van der Waals surface area contributed by atoms with Crippen molar-refractivity contribution >= 4 is 15.9 Å². The van der Waals surface area contributed by atoms with Crippen LogP contribution >= 0.6 is 15.9 Å². The average Bonchev–Trinajstić information content (AvgIpc) is 2.91. The van der Waals surface area contributed by atoms with E-state index >= 15 is 0 Å². The number of hydrogen-bond acceptors (Lipinski definition) is 2. The normalized spacial score (nSPS) is 19.4. The van der Waals surface area contributed by atoms with Gasteiger partial charge in [-0.15, -0.1) is 0 Å². The van der Waals surface area contributed by atoms with Crippen molar-refractivity contribution in [1.29, 1.82) is 0 Å². The molecule has 94 valence electrons. The van der Waals surface area contributed by atoms with Gasteiger partial charge in [-0.2, -0.15) is 0 Å². The molecule has 0 saturated heterocycles. The minimum Gasteiger partial charge on any atom is -0.490 e. The first kappa shape index (κ1) is 11.8. The van der Waals surface area contributed by atoms with E-state index in [4.69, 9.17) is 9.15 Å². The Morgan fingerprint density at radius 3 is 2.89 bits per heavy atom. The summed E-state index contributed by atoms with van der Waals surface area (Å²) in [6.45, 7) is 4.16. The summed E-state index contributed by atoms with van der Waals surface area (Å²) < 4.78 is 11.3. The zero-order valence-electron chi connectivity index (χ0n) is 10.4. The Kier molecular flexibility index (Phi) is 2.94. The van der Waals surface area contributed by atoms with Crippen LogP contribution in [0.4, 0.5) is 0 Å². The third kappa shape index (κ3) is 1.97. The highest BCUT2D eigenvalue weighted by Crippen LogP contribution is 2.37. The molecule has 2 nitrogen and oxygen atoms in total. The first-order chi connectivity index (χ1) is 8.65. The maximum Gasteiger partial charge on any atom is 0.124 e. The van der Waals surface area contributed by atoms with Crippen molar-refractivity contribution in [2.75, 3.05) is 0 Å². The molecule has 2 atom stereocenters. The summed E-state index contributed by atoms with van der Waals surface area (Å²) in [5.74, 6) is 1.99. The van der Waals surface area contributed by atoms with Gasteiger partial charge in [-0.25, -0.2) is 0 Å². The van der Waals surface area contributed by atoms with Crippen LogP contribution in [0.15, 0.2) is 34.9 Å². The summed E-state index contributed by atoms with van der Waals surface area (Å²) in [5, 5.41) is 0. The van der Waals surface area contributed by atoms with Crippen molar-refractivity contribution in [3.63, 3.8) is 0 Å². The van der Waals surface area contributed by atoms with Crippen LogP contribution in [0.5, 0.6) is 5.75 Å². The lowest BCUT2D eigenvalue weighted by Crippen LogP contribution is -2.05. The smallest absolute Gasteiger partial charge is 0.124 e. The van der Waals surface area contributed by atoms with Crippen LogP contribution in [-0.4, -0.2) is 6.10 Å². The van der Waals surface area contributed by atoms with E-state index in [0.717, 1.165) is 17.9 Å². The van der Waals surface area contributed by atoms with Crippen LogP contribution in [0.1, 0.15) is 34.2 Å². The molecule has 1 aliphatic heterocycles. The molecule has 0 radical (unpaired) electrons. The first-order valence-electron chi connectivity index (χ1n) is 6.12. The molecule has 0 N–H and O–H groups in total. The Bertz CT molecular complexity index is 574. The predicted molar refractivity (Wildman–Crippen MR) is 74.5 cm³/mol. The number of aryl methyl sites for hydroxylation is 1. The molecule has 18 heavy (non-hydrogen) atoms. The van der Waals surface area contributed by atoms with E-state index in [2.05, 4.69) is 48.0 Å². The van der Waals surface area contributed by atoms with E-state index in [9.17, 15) is 0 Å². The molecule has 1 aromatic carbocycles. The lowest BCUT2D eigenvalue weighted by Gasteiger charge is -2.10. The van der Waals surface area contributed by atoms with Gasteiger partial charge in [-0.05, 0) is 42.7 Å². The molecule has 2 aromatic rings. The summed E-state index contributed by atoms with van der Waals surface area (Å²) in [6.07, 6.45) is 3.01. The SMILES string of the molecule is Cc1ccoc1C(Br)c1ccc2c(c1)CC(C)O2. The maximum atomic E-state index is 5.72. The number of fused-ring (bicyclic) bond motifs is 1. The molecule has 1 aromatic heterocycles. The molecule has 3 heteroatoms. The second-order valence-electron chi connectivity index (χ2n) is 4.83. The van der Waals surface area contributed by atoms with Crippen molar-refractivity contribution < 1.29 is 9.15 Å². The summed E-state index contributed by atoms with van der Waals surface area (Å²) in [5.41, 5.74) is 3.67. The summed E-state index contributed by atoms with van der Waals surface area (Å²) in [7, 11) is 0. The molecule has 0 aliphatic carbocycles.